The van der Waals surface area contributed by atoms with Gasteiger partial charge < -0.3 is 9.47 Å². The van der Waals surface area contributed by atoms with E-state index in [4.69, 9.17) is 14.5 Å². The number of rotatable bonds is 6. The molecule has 0 amide bonds. The molecule has 0 radical (unpaired) electrons. The van der Waals surface area contributed by atoms with Gasteiger partial charge in [-0.05, 0) is 50.1 Å². The molecule has 1 aliphatic rings. The fraction of sp³-hybridized carbons (Fsp3) is 0.360. The fourth-order valence-corrected chi connectivity index (χ4v) is 4.39. The predicted molar refractivity (Wildman–Crippen MR) is 119 cm³/mol. The number of likely N-dealkylation sites (tertiary alicyclic amines) is 1. The predicted octanol–water partition coefficient (Wildman–Crippen LogP) is 4.99. The van der Waals surface area contributed by atoms with Crippen LogP contribution in [0.4, 0.5) is 4.39 Å². The van der Waals surface area contributed by atoms with Crippen LogP contribution in [0.2, 0.25) is 0 Å². The number of halogens is 1. The van der Waals surface area contributed by atoms with Crippen LogP contribution in [0.25, 0.3) is 11.1 Å². The maximum absolute atomic E-state index is 13.4. The summed E-state index contributed by atoms with van der Waals surface area (Å²) in [5.41, 5.74) is 4.08. The van der Waals surface area contributed by atoms with Gasteiger partial charge in [-0.3, -0.25) is 4.90 Å². The number of piperidine rings is 1. The van der Waals surface area contributed by atoms with Crippen LogP contribution in [-0.2, 0) is 6.54 Å². The zero-order valence-electron chi connectivity index (χ0n) is 18.3. The average Bonchev–Trinajstić information content (AvgIpc) is 2.79. The molecule has 1 atom stereocenters. The highest BCUT2D eigenvalue weighted by Crippen LogP contribution is 2.36. The van der Waals surface area contributed by atoms with E-state index >= 15 is 0 Å². The number of benzene rings is 2. The Morgan fingerprint density at radius 3 is 2.65 bits per heavy atom. The summed E-state index contributed by atoms with van der Waals surface area (Å²) in [5, 5.41) is 0. The summed E-state index contributed by atoms with van der Waals surface area (Å²) in [4.78, 5) is 11.7. The molecular weight excluding hydrogens is 393 g/mol. The maximum atomic E-state index is 13.4. The second kappa shape index (κ2) is 9.43. The molecule has 0 aliphatic carbocycles. The Kier molecular flexibility index (Phi) is 6.47. The SMILES string of the molecule is COc1cccc(CN2CCCC(c3nc(C)ncc3-c3ccc(F)cc3)C2)c1OC. The quantitative estimate of drug-likeness (QED) is 0.561. The van der Waals surface area contributed by atoms with Crippen LogP contribution >= 0.6 is 0 Å². The summed E-state index contributed by atoms with van der Waals surface area (Å²) in [6.45, 7) is 4.62. The Morgan fingerprint density at radius 1 is 1.10 bits per heavy atom. The first-order chi connectivity index (χ1) is 15.1. The van der Waals surface area contributed by atoms with Crippen molar-refractivity contribution in [3.63, 3.8) is 0 Å². The lowest BCUT2D eigenvalue weighted by Gasteiger charge is -2.33. The molecule has 6 heteroatoms. The minimum Gasteiger partial charge on any atom is -0.493 e. The van der Waals surface area contributed by atoms with Gasteiger partial charge in [0.1, 0.15) is 11.6 Å². The number of aryl methyl sites for hydroxylation is 1. The van der Waals surface area contributed by atoms with Crippen molar-refractivity contribution in [2.45, 2.75) is 32.2 Å². The molecule has 2 heterocycles. The first-order valence-electron chi connectivity index (χ1n) is 10.6. The molecule has 1 unspecified atom stereocenters. The molecule has 5 nitrogen and oxygen atoms in total. The molecule has 0 spiro atoms. The van der Waals surface area contributed by atoms with Gasteiger partial charge in [0.2, 0.25) is 0 Å². The van der Waals surface area contributed by atoms with E-state index in [0.29, 0.717) is 0 Å². The van der Waals surface area contributed by atoms with Gasteiger partial charge in [-0.1, -0.05) is 24.3 Å². The lowest BCUT2D eigenvalue weighted by molar-refractivity contribution is 0.196. The zero-order chi connectivity index (χ0) is 21.8. The van der Waals surface area contributed by atoms with Crippen molar-refractivity contribution in [2.75, 3.05) is 27.3 Å². The van der Waals surface area contributed by atoms with Gasteiger partial charge in [0, 0.05) is 36.3 Å². The molecular formula is C25H28FN3O2. The summed E-state index contributed by atoms with van der Waals surface area (Å²) in [7, 11) is 3.34. The lowest BCUT2D eigenvalue weighted by atomic mass is 9.89. The molecule has 31 heavy (non-hydrogen) atoms. The smallest absolute Gasteiger partial charge is 0.165 e. The van der Waals surface area contributed by atoms with Gasteiger partial charge in [-0.15, -0.1) is 0 Å². The van der Waals surface area contributed by atoms with Gasteiger partial charge in [0.05, 0.1) is 19.9 Å². The standard InChI is InChI=1S/C25H28FN3O2/c1-17-27-14-22(18-9-11-21(26)12-10-18)24(28-17)19-7-5-13-29(15-19)16-20-6-4-8-23(30-2)25(20)31-3/h4,6,8-12,14,19H,5,7,13,15-16H2,1-3H3. The van der Waals surface area contributed by atoms with Crippen LogP contribution in [-0.4, -0.2) is 42.2 Å². The van der Waals surface area contributed by atoms with Crippen molar-refractivity contribution in [1.82, 2.24) is 14.9 Å². The second-order valence-electron chi connectivity index (χ2n) is 7.95. The zero-order valence-corrected chi connectivity index (χ0v) is 18.3. The number of hydrogen-bond donors (Lipinski definition) is 0. The Hall–Kier alpha value is -2.99. The molecule has 2 aromatic carbocycles. The van der Waals surface area contributed by atoms with Crippen molar-refractivity contribution < 1.29 is 13.9 Å². The summed E-state index contributed by atoms with van der Waals surface area (Å²) < 4.78 is 24.5. The molecule has 1 saturated heterocycles. The molecule has 0 bridgehead atoms. The van der Waals surface area contributed by atoms with E-state index in [1.54, 1.807) is 26.4 Å². The van der Waals surface area contributed by atoms with E-state index in [1.807, 2.05) is 25.3 Å². The topological polar surface area (TPSA) is 47.5 Å². The number of ether oxygens (including phenoxy) is 2. The Balaban J connectivity index is 1.60. The van der Waals surface area contributed by atoms with Crippen molar-refractivity contribution >= 4 is 0 Å². The molecule has 1 fully saturated rings. The normalized spacial score (nSPS) is 16.8. The minimum absolute atomic E-state index is 0.241. The minimum atomic E-state index is -0.241. The summed E-state index contributed by atoms with van der Waals surface area (Å²) in [6.07, 6.45) is 4.02. The second-order valence-corrected chi connectivity index (χ2v) is 7.95. The van der Waals surface area contributed by atoms with Crippen LogP contribution in [0.5, 0.6) is 11.5 Å². The van der Waals surface area contributed by atoms with Gasteiger partial charge in [-0.2, -0.15) is 0 Å². The third-order valence-corrected chi connectivity index (χ3v) is 5.86. The maximum Gasteiger partial charge on any atom is 0.165 e. The van der Waals surface area contributed by atoms with Crippen molar-refractivity contribution in [1.29, 1.82) is 0 Å². The molecule has 0 saturated carbocycles. The number of methoxy groups -OCH3 is 2. The summed E-state index contributed by atoms with van der Waals surface area (Å²) >= 11 is 0. The van der Waals surface area contributed by atoms with Crippen molar-refractivity contribution in [3.8, 4) is 22.6 Å². The fourth-order valence-electron chi connectivity index (χ4n) is 4.39. The van der Waals surface area contributed by atoms with E-state index in [-0.39, 0.29) is 11.7 Å². The van der Waals surface area contributed by atoms with Crippen molar-refractivity contribution in [2.24, 2.45) is 0 Å². The Morgan fingerprint density at radius 2 is 1.90 bits per heavy atom. The lowest BCUT2D eigenvalue weighted by Crippen LogP contribution is -2.34. The van der Waals surface area contributed by atoms with Crippen LogP contribution in [0.1, 0.15) is 35.8 Å². The number of para-hydroxylation sites is 1. The Labute approximate surface area is 182 Å². The molecule has 4 rings (SSSR count). The summed E-state index contributed by atoms with van der Waals surface area (Å²) in [6, 6.07) is 12.6. The Bertz CT molecular complexity index is 1040. The number of aromatic nitrogens is 2. The number of nitrogens with zero attached hydrogens (tertiary/aromatic N) is 3. The van der Waals surface area contributed by atoms with E-state index < -0.39 is 0 Å². The largest absolute Gasteiger partial charge is 0.493 e. The van der Waals surface area contributed by atoms with E-state index in [0.717, 1.165) is 72.2 Å². The van der Waals surface area contributed by atoms with Gasteiger partial charge in [0.15, 0.2) is 11.5 Å². The monoisotopic (exact) mass is 421 g/mol. The first kappa shape index (κ1) is 21.2. The van der Waals surface area contributed by atoms with Crippen LogP contribution in [0, 0.1) is 12.7 Å². The van der Waals surface area contributed by atoms with Crippen LogP contribution in [0.15, 0.2) is 48.7 Å². The highest BCUT2D eigenvalue weighted by Gasteiger charge is 2.26. The van der Waals surface area contributed by atoms with E-state index in [9.17, 15) is 4.39 Å². The molecule has 162 valence electrons. The van der Waals surface area contributed by atoms with Gasteiger partial charge in [-0.25, -0.2) is 14.4 Å². The average molecular weight is 422 g/mol. The van der Waals surface area contributed by atoms with E-state index in [2.05, 4.69) is 16.0 Å². The van der Waals surface area contributed by atoms with Gasteiger partial charge >= 0.3 is 0 Å². The van der Waals surface area contributed by atoms with E-state index in [1.165, 1.54) is 12.1 Å². The highest BCUT2D eigenvalue weighted by molar-refractivity contribution is 5.65. The highest BCUT2D eigenvalue weighted by atomic mass is 19.1. The van der Waals surface area contributed by atoms with Gasteiger partial charge in [0.25, 0.3) is 0 Å². The van der Waals surface area contributed by atoms with Crippen molar-refractivity contribution in [3.05, 3.63) is 71.6 Å². The molecule has 0 N–H and O–H groups in total. The molecule has 1 aliphatic heterocycles. The summed E-state index contributed by atoms with van der Waals surface area (Å²) in [5.74, 6) is 2.34. The number of hydrogen-bond acceptors (Lipinski definition) is 5. The molecule has 1 aromatic heterocycles. The van der Waals surface area contributed by atoms with Crippen LogP contribution in [0.3, 0.4) is 0 Å². The molecule has 3 aromatic rings. The third-order valence-electron chi connectivity index (χ3n) is 5.86. The van der Waals surface area contributed by atoms with Crippen LogP contribution < -0.4 is 9.47 Å². The third kappa shape index (κ3) is 4.69. The first-order valence-corrected chi connectivity index (χ1v) is 10.6.